The Morgan fingerprint density at radius 2 is 2.19 bits per heavy atom. The summed E-state index contributed by atoms with van der Waals surface area (Å²) in [5, 5.41) is 5.37. The van der Waals surface area contributed by atoms with Gasteiger partial charge in [-0.05, 0) is 18.2 Å². The number of nitrogens with two attached hydrogens (primary N) is 1. The van der Waals surface area contributed by atoms with E-state index in [9.17, 15) is 13.2 Å². The fraction of sp³-hybridized carbons (Fsp3) is 0.111. The lowest BCUT2D eigenvalue weighted by atomic mass is 10.2. The normalized spacial score (nSPS) is 11.6. The molecule has 0 atom stereocenters. The lowest BCUT2D eigenvalue weighted by Gasteiger charge is -2.02. The first-order chi connectivity index (χ1) is 7.45. The number of hydrazone groups is 1. The minimum atomic E-state index is -3.32. The largest absolute Gasteiger partial charge is 0.322 e. The number of amides is 1. The molecule has 0 fully saturated rings. The van der Waals surface area contributed by atoms with Crippen LogP contribution in [0.5, 0.6) is 0 Å². The SMILES string of the molecule is CS(=O)(=O)c1cccc(C(=O)NC=NN)c1. The van der Waals surface area contributed by atoms with Crippen molar-refractivity contribution in [2.24, 2.45) is 10.9 Å². The maximum atomic E-state index is 11.4. The Kier molecular flexibility index (Phi) is 3.62. The second-order valence-corrected chi connectivity index (χ2v) is 5.07. The second kappa shape index (κ2) is 4.75. The molecule has 86 valence electrons. The number of carbonyl (C=O) groups excluding carboxylic acids is 1. The van der Waals surface area contributed by atoms with Crippen LogP contribution in [0.15, 0.2) is 34.3 Å². The first-order valence-corrected chi connectivity index (χ1v) is 6.17. The van der Waals surface area contributed by atoms with Crippen LogP contribution in [0.25, 0.3) is 0 Å². The van der Waals surface area contributed by atoms with Gasteiger partial charge in [-0.1, -0.05) is 6.07 Å². The summed E-state index contributed by atoms with van der Waals surface area (Å²) >= 11 is 0. The van der Waals surface area contributed by atoms with Crippen LogP contribution < -0.4 is 11.2 Å². The van der Waals surface area contributed by atoms with Gasteiger partial charge >= 0.3 is 0 Å². The predicted octanol–water partition coefficient (Wildman–Crippen LogP) is -0.278. The van der Waals surface area contributed by atoms with Crippen molar-refractivity contribution in [3.63, 3.8) is 0 Å². The molecule has 6 nitrogen and oxygen atoms in total. The van der Waals surface area contributed by atoms with E-state index in [4.69, 9.17) is 5.84 Å². The Labute approximate surface area is 93.1 Å². The van der Waals surface area contributed by atoms with Crippen molar-refractivity contribution >= 4 is 22.1 Å². The van der Waals surface area contributed by atoms with Gasteiger partial charge in [-0.15, -0.1) is 0 Å². The third-order valence-corrected chi connectivity index (χ3v) is 2.90. The van der Waals surface area contributed by atoms with Crippen LogP contribution in [-0.2, 0) is 9.84 Å². The molecule has 0 saturated carbocycles. The van der Waals surface area contributed by atoms with E-state index in [1.54, 1.807) is 0 Å². The summed E-state index contributed by atoms with van der Waals surface area (Å²) in [7, 11) is -3.32. The number of nitrogens with one attached hydrogen (secondary N) is 1. The molecule has 0 bridgehead atoms. The van der Waals surface area contributed by atoms with E-state index >= 15 is 0 Å². The zero-order chi connectivity index (χ0) is 12.2. The van der Waals surface area contributed by atoms with Gasteiger partial charge in [0.2, 0.25) is 0 Å². The van der Waals surface area contributed by atoms with E-state index in [0.29, 0.717) is 0 Å². The van der Waals surface area contributed by atoms with Gasteiger partial charge in [0.25, 0.3) is 5.91 Å². The standard InChI is InChI=1S/C9H11N3O3S/c1-16(14,15)8-4-2-3-7(5-8)9(13)11-6-12-10/h2-6H,10H2,1H3,(H,11,12,13). The van der Waals surface area contributed by atoms with Gasteiger partial charge in [-0.25, -0.2) is 8.42 Å². The number of benzene rings is 1. The molecular weight excluding hydrogens is 230 g/mol. The smallest absolute Gasteiger partial charge is 0.256 e. The van der Waals surface area contributed by atoms with Crippen LogP contribution in [0, 0.1) is 0 Å². The first kappa shape index (κ1) is 12.2. The zero-order valence-electron chi connectivity index (χ0n) is 8.54. The van der Waals surface area contributed by atoms with Gasteiger partial charge in [-0.2, -0.15) is 5.10 Å². The van der Waals surface area contributed by atoms with Crippen molar-refractivity contribution in [3.05, 3.63) is 29.8 Å². The van der Waals surface area contributed by atoms with Crippen molar-refractivity contribution in [3.8, 4) is 0 Å². The van der Waals surface area contributed by atoms with E-state index in [-0.39, 0.29) is 10.5 Å². The molecule has 3 N–H and O–H groups in total. The lowest BCUT2D eigenvalue weighted by Crippen LogP contribution is -2.22. The first-order valence-electron chi connectivity index (χ1n) is 4.28. The van der Waals surface area contributed by atoms with Crippen molar-refractivity contribution in [2.45, 2.75) is 4.90 Å². The summed E-state index contributed by atoms with van der Waals surface area (Å²) < 4.78 is 22.5. The van der Waals surface area contributed by atoms with Gasteiger partial charge in [0.05, 0.1) is 4.90 Å². The van der Waals surface area contributed by atoms with Gasteiger partial charge in [0, 0.05) is 11.8 Å². The molecule has 1 rings (SSSR count). The molecule has 0 heterocycles. The molecule has 16 heavy (non-hydrogen) atoms. The Morgan fingerprint density at radius 1 is 1.50 bits per heavy atom. The van der Waals surface area contributed by atoms with E-state index in [2.05, 4.69) is 10.4 Å². The summed E-state index contributed by atoms with van der Waals surface area (Å²) in [5.74, 6) is 4.34. The number of carbonyl (C=O) groups is 1. The monoisotopic (exact) mass is 241 g/mol. The molecule has 0 radical (unpaired) electrons. The van der Waals surface area contributed by atoms with Crippen molar-refractivity contribution in [1.29, 1.82) is 0 Å². The Morgan fingerprint density at radius 3 is 2.75 bits per heavy atom. The van der Waals surface area contributed by atoms with Crippen molar-refractivity contribution in [2.75, 3.05) is 6.26 Å². The molecule has 0 spiro atoms. The van der Waals surface area contributed by atoms with Crippen LogP contribution in [-0.4, -0.2) is 26.9 Å². The Bertz CT molecular complexity index is 523. The fourth-order valence-electron chi connectivity index (χ4n) is 1.05. The average molecular weight is 241 g/mol. The van der Waals surface area contributed by atoms with E-state index in [1.165, 1.54) is 24.3 Å². The molecule has 0 aliphatic carbocycles. The molecule has 1 aromatic rings. The number of hydrogen-bond acceptors (Lipinski definition) is 5. The molecule has 0 aliphatic rings. The number of hydrogen-bond donors (Lipinski definition) is 2. The van der Waals surface area contributed by atoms with Gasteiger partial charge in [0.15, 0.2) is 9.84 Å². The topological polar surface area (TPSA) is 102 Å². The number of sulfone groups is 1. The average Bonchev–Trinajstić information content (AvgIpc) is 2.25. The summed E-state index contributed by atoms with van der Waals surface area (Å²) in [6.07, 6.45) is 2.10. The molecule has 1 aromatic carbocycles. The quantitative estimate of drug-likeness (QED) is 0.329. The summed E-state index contributed by atoms with van der Waals surface area (Å²) in [4.78, 5) is 11.5. The molecule has 1 amide bonds. The van der Waals surface area contributed by atoms with Crippen molar-refractivity contribution < 1.29 is 13.2 Å². The summed E-state index contributed by atoms with van der Waals surface area (Å²) in [6.45, 7) is 0. The summed E-state index contributed by atoms with van der Waals surface area (Å²) in [5.41, 5.74) is 0.225. The molecule has 0 aliphatic heterocycles. The van der Waals surface area contributed by atoms with Crippen LogP contribution in [0.4, 0.5) is 0 Å². The Hall–Kier alpha value is -1.89. The highest BCUT2D eigenvalue weighted by atomic mass is 32.2. The van der Waals surface area contributed by atoms with Crippen LogP contribution in [0.1, 0.15) is 10.4 Å². The van der Waals surface area contributed by atoms with Gasteiger partial charge < -0.3 is 11.2 Å². The van der Waals surface area contributed by atoms with E-state index in [1.807, 2.05) is 0 Å². The molecule has 0 unspecified atom stereocenters. The highest BCUT2D eigenvalue weighted by Crippen LogP contribution is 2.10. The minimum Gasteiger partial charge on any atom is -0.322 e. The highest BCUT2D eigenvalue weighted by molar-refractivity contribution is 7.90. The molecule has 7 heteroatoms. The molecule has 0 saturated heterocycles. The third kappa shape index (κ3) is 3.06. The number of rotatable bonds is 3. The molecule has 0 aromatic heterocycles. The number of nitrogens with zero attached hydrogens (tertiary/aromatic N) is 1. The zero-order valence-corrected chi connectivity index (χ0v) is 9.36. The molecular formula is C9H11N3O3S. The van der Waals surface area contributed by atoms with E-state index < -0.39 is 15.7 Å². The van der Waals surface area contributed by atoms with Crippen LogP contribution in [0.2, 0.25) is 0 Å². The maximum Gasteiger partial charge on any atom is 0.256 e. The Balaban J connectivity index is 3.04. The lowest BCUT2D eigenvalue weighted by molar-refractivity contribution is 0.0978. The highest BCUT2D eigenvalue weighted by Gasteiger charge is 2.10. The van der Waals surface area contributed by atoms with Gasteiger partial charge in [-0.3, -0.25) is 4.79 Å². The summed E-state index contributed by atoms with van der Waals surface area (Å²) in [6, 6.07) is 5.69. The predicted molar refractivity (Wildman–Crippen MR) is 59.7 cm³/mol. The fourth-order valence-corrected chi connectivity index (χ4v) is 1.71. The third-order valence-electron chi connectivity index (χ3n) is 1.79. The van der Waals surface area contributed by atoms with Gasteiger partial charge in [0.1, 0.15) is 6.34 Å². The van der Waals surface area contributed by atoms with E-state index in [0.717, 1.165) is 12.6 Å². The maximum absolute atomic E-state index is 11.4. The van der Waals surface area contributed by atoms with Crippen LogP contribution >= 0.6 is 0 Å². The second-order valence-electron chi connectivity index (χ2n) is 3.05. The minimum absolute atomic E-state index is 0.0878. The van der Waals surface area contributed by atoms with Crippen molar-refractivity contribution in [1.82, 2.24) is 5.32 Å². The van der Waals surface area contributed by atoms with Crippen LogP contribution in [0.3, 0.4) is 0 Å².